The highest BCUT2D eigenvalue weighted by molar-refractivity contribution is 5.96. The van der Waals surface area contributed by atoms with Gasteiger partial charge in [0.05, 0.1) is 6.61 Å². The van der Waals surface area contributed by atoms with Gasteiger partial charge in [-0.05, 0) is 30.7 Å². The number of rotatable bonds is 6. The molecule has 0 aliphatic heterocycles. The first-order valence-corrected chi connectivity index (χ1v) is 5.71. The minimum absolute atomic E-state index is 0.0766. The first-order valence-electron chi connectivity index (χ1n) is 5.71. The summed E-state index contributed by atoms with van der Waals surface area (Å²) in [5.41, 5.74) is 1.68. The molecule has 0 saturated carbocycles. The number of carbonyl (C=O) groups is 1. The summed E-state index contributed by atoms with van der Waals surface area (Å²) < 4.78 is 0. The van der Waals surface area contributed by atoms with Gasteiger partial charge in [-0.2, -0.15) is 0 Å². The van der Waals surface area contributed by atoms with Crippen LogP contribution in [0.5, 0.6) is 0 Å². The molecule has 1 atom stereocenters. The molecule has 3 nitrogen and oxygen atoms in total. The zero-order chi connectivity index (χ0) is 12.0. The summed E-state index contributed by atoms with van der Waals surface area (Å²) >= 11 is 0. The van der Waals surface area contributed by atoms with Gasteiger partial charge in [-0.25, -0.2) is 0 Å². The molecule has 1 unspecified atom stereocenters. The van der Waals surface area contributed by atoms with Crippen molar-refractivity contribution in [1.82, 2.24) is 0 Å². The predicted octanol–water partition coefficient (Wildman–Crippen LogP) is 2.46. The Kier molecular flexibility index (Phi) is 4.99. The average Bonchev–Trinajstić information content (AvgIpc) is 2.35. The standard InChI is InChI=1S/C13H19NO2/c1-3-11(9-15)14-12-7-5-10(6-8-12)13(16)4-2/h5-8,11,14-15H,3-4,9H2,1-2H3. The van der Waals surface area contributed by atoms with Crippen molar-refractivity contribution in [2.75, 3.05) is 11.9 Å². The number of hydrogen-bond donors (Lipinski definition) is 2. The molecule has 0 aliphatic carbocycles. The molecule has 0 heterocycles. The minimum Gasteiger partial charge on any atom is -0.394 e. The van der Waals surface area contributed by atoms with E-state index in [-0.39, 0.29) is 18.4 Å². The summed E-state index contributed by atoms with van der Waals surface area (Å²) in [6.07, 6.45) is 1.40. The van der Waals surface area contributed by atoms with E-state index in [1.165, 1.54) is 0 Å². The molecule has 0 aromatic heterocycles. The molecule has 0 saturated heterocycles. The molecule has 0 aliphatic rings. The molecule has 3 heteroatoms. The molecule has 0 amide bonds. The molecule has 1 aromatic rings. The van der Waals surface area contributed by atoms with Gasteiger partial charge in [-0.15, -0.1) is 0 Å². The lowest BCUT2D eigenvalue weighted by atomic mass is 10.1. The predicted molar refractivity (Wildman–Crippen MR) is 65.9 cm³/mol. The summed E-state index contributed by atoms with van der Waals surface area (Å²) in [5.74, 6) is 0.153. The van der Waals surface area contributed by atoms with Crippen molar-refractivity contribution in [2.24, 2.45) is 0 Å². The first-order chi connectivity index (χ1) is 7.71. The number of benzene rings is 1. The Morgan fingerprint density at radius 3 is 2.38 bits per heavy atom. The van der Waals surface area contributed by atoms with Gasteiger partial charge >= 0.3 is 0 Å². The van der Waals surface area contributed by atoms with Gasteiger partial charge in [0, 0.05) is 23.7 Å². The van der Waals surface area contributed by atoms with E-state index in [9.17, 15) is 4.79 Å². The number of carbonyl (C=O) groups excluding carboxylic acids is 1. The van der Waals surface area contributed by atoms with Crippen LogP contribution in [-0.2, 0) is 0 Å². The Labute approximate surface area is 96.5 Å². The van der Waals surface area contributed by atoms with Gasteiger partial charge in [0.1, 0.15) is 0 Å². The Hall–Kier alpha value is -1.35. The third-order valence-corrected chi connectivity index (χ3v) is 2.61. The number of aliphatic hydroxyl groups is 1. The highest BCUT2D eigenvalue weighted by atomic mass is 16.3. The van der Waals surface area contributed by atoms with Gasteiger partial charge in [-0.3, -0.25) is 4.79 Å². The second-order valence-corrected chi connectivity index (χ2v) is 3.79. The van der Waals surface area contributed by atoms with Crippen LogP contribution in [0, 0.1) is 0 Å². The minimum atomic E-state index is 0.0766. The largest absolute Gasteiger partial charge is 0.394 e. The number of anilines is 1. The highest BCUT2D eigenvalue weighted by Gasteiger charge is 2.05. The summed E-state index contributed by atoms with van der Waals surface area (Å²) in [7, 11) is 0. The van der Waals surface area contributed by atoms with Crippen LogP contribution in [0.4, 0.5) is 5.69 Å². The molecule has 16 heavy (non-hydrogen) atoms. The number of nitrogens with one attached hydrogen (secondary N) is 1. The Bertz CT molecular complexity index is 328. The van der Waals surface area contributed by atoms with Crippen LogP contribution in [0.25, 0.3) is 0 Å². The van der Waals surface area contributed by atoms with Crippen molar-refractivity contribution in [3.63, 3.8) is 0 Å². The molecule has 0 radical (unpaired) electrons. The van der Waals surface area contributed by atoms with Crippen LogP contribution in [0.15, 0.2) is 24.3 Å². The van der Waals surface area contributed by atoms with Crippen LogP contribution in [-0.4, -0.2) is 23.5 Å². The van der Waals surface area contributed by atoms with Crippen LogP contribution in [0.2, 0.25) is 0 Å². The van der Waals surface area contributed by atoms with E-state index in [2.05, 4.69) is 5.32 Å². The van der Waals surface area contributed by atoms with Crippen molar-refractivity contribution in [3.05, 3.63) is 29.8 Å². The van der Waals surface area contributed by atoms with Crippen molar-refractivity contribution >= 4 is 11.5 Å². The third-order valence-electron chi connectivity index (χ3n) is 2.61. The van der Waals surface area contributed by atoms with Crippen molar-refractivity contribution < 1.29 is 9.90 Å². The van der Waals surface area contributed by atoms with Crippen molar-refractivity contribution in [2.45, 2.75) is 32.7 Å². The lowest BCUT2D eigenvalue weighted by Gasteiger charge is -2.15. The van der Waals surface area contributed by atoms with E-state index in [0.29, 0.717) is 6.42 Å². The maximum atomic E-state index is 11.4. The molecular formula is C13H19NO2. The normalized spacial score (nSPS) is 12.2. The molecule has 0 spiro atoms. The Morgan fingerprint density at radius 1 is 1.31 bits per heavy atom. The smallest absolute Gasteiger partial charge is 0.162 e. The van der Waals surface area contributed by atoms with E-state index in [4.69, 9.17) is 5.11 Å². The molecular weight excluding hydrogens is 202 g/mol. The van der Waals surface area contributed by atoms with E-state index >= 15 is 0 Å². The quantitative estimate of drug-likeness (QED) is 0.725. The van der Waals surface area contributed by atoms with Gasteiger partial charge in [0.25, 0.3) is 0 Å². The summed E-state index contributed by atoms with van der Waals surface area (Å²) in [6.45, 7) is 3.99. The Balaban J connectivity index is 2.67. The van der Waals surface area contributed by atoms with E-state index in [1.54, 1.807) is 0 Å². The molecule has 1 aromatic carbocycles. The highest BCUT2D eigenvalue weighted by Crippen LogP contribution is 2.12. The lowest BCUT2D eigenvalue weighted by Crippen LogP contribution is -2.22. The topological polar surface area (TPSA) is 49.3 Å². The van der Waals surface area contributed by atoms with Crippen LogP contribution in [0.1, 0.15) is 37.0 Å². The second-order valence-electron chi connectivity index (χ2n) is 3.79. The van der Waals surface area contributed by atoms with E-state index < -0.39 is 0 Å². The maximum Gasteiger partial charge on any atom is 0.162 e. The maximum absolute atomic E-state index is 11.4. The second kappa shape index (κ2) is 6.28. The molecule has 0 bridgehead atoms. The molecule has 2 N–H and O–H groups in total. The van der Waals surface area contributed by atoms with Gasteiger partial charge in [0.15, 0.2) is 5.78 Å². The van der Waals surface area contributed by atoms with Crippen LogP contribution >= 0.6 is 0 Å². The Morgan fingerprint density at radius 2 is 1.94 bits per heavy atom. The van der Waals surface area contributed by atoms with Crippen LogP contribution in [0.3, 0.4) is 0 Å². The summed E-state index contributed by atoms with van der Waals surface area (Å²) in [6, 6.07) is 7.46. The van der Waals surface area contributed by atoms with Crippen molar-refractivity contribution in [1.29, 1.82) is 0 Å². The number of aliphatic hydroxyl groups excluding tert-OH is 1. The fourth-order valence-electron chi connectivity index (χ4n) is 1.47. The monoisotopic (exact) mass is 221 g/mol. The fourth-order valence-corrected chi connectivity index (χ4v) is 1.47. The van der Waals surface area contributed by atoms with E-state index in [0.717, 1.165) is 17.7 Å². The average molecular weight is 221 g/mol. The van der Waals surface area contributed by atoms with Gasteiger partial charge in [-0.1, -0.05) is 13.8 Å². The summed E-state index contributed by atoms with van der Waals surface area (Å²) in [5, 5.41) is 12.3. The zero-order valence-corrected chi connectivity index (χ0v) is 9.86. The fraction of sp³-hybridized carbons (Fsp3) is 0.462. The summed E-state index contributed by atoms with van der Waals surface area (Å²) in [4.78, 5) is 11.4. The first kappa shape index (κ1) is 12.7. The number of ketones is 1. The molecule has 1 rings (SSSR count). The molecule has 0 fully saturated rings. The SMILES string of the molecule is CCC(=O)c1ccc(NC(CC)CO)cc1. The number of Topliss-reactive ketones (excluding diaryl/α,β-unsaturated/α-hetero) is 1. The van der Waals surface area contributed by atoms with Crippen molar-refractivity contribution in [3.8, 4) is 0 Å². The lowest BCUT2D eigenvalue weighted by molar-refractivity contribution is 0.0988. The van der Waals surface area contributed by atoms with Gasteiger partial charge in [0.2, 0.25) is 0 Å². The van der Waals surface area contributed by atoms with E-state index in [1.807, 2.05) is 38.1 Å². The number of hydrogen-bond acceptors (Lipinski definition) is 3. The third kappa shape index (κ3) is 3.35. The molecule has 88 valence electrons. The van der Waals surface area contributed by atoms with Gasteiger partial charge < -0.3 is 10.4 Å². The van der Waals surface area contributed by atoms with Crippen LogP contribution < -0.4 is 5.32 Å². The zero-order valence-electron chi connectivity index (χ0n) is 9.86.